The highest BCUT2D eigenvalue weighted by atomic mass is 16.5. The minimum absolute atomic E-state index is 0.0463. The molecule has 3 heteroatoms. The number of aliphatic hydroxyl groups is 1. The van der Waals surface area contributed by atoms with Crippen molar-refractivity contribution in [1.82, 2.24) is 0 Å². The fraction of sp³-hybridized carbons (Fsp3) is 0.952. The van der Waals surface area contributed by atoms with Gasteiger partial charge in [-0.1, -0.05) is 72.6 Å². The maximum atomic E-state index is 11.4. The van der Waals surface area contributed by atoms with Crippen molar-refractivity contribution in [3.8, 4) is 6.07 Å². The normalized spacial score (nSPS) is 21.7. The first kappa shape index (κ1) is 21.5. The van der Waals surface area contributed by atoms with E-state index in [-0.39, 0.29) is 11.5 Å². The fourth-order valence-corrected chi connectivity index (χ4v) is 3.58. The first-order valence-electron chi connectivity index (χ1n) is 10.0. The van der Waals surface area contributed by atoms with E-state index in [0.717, 1.165) is 32.1 Å². The molecule has 1 N–H and O–H groups in total. The SMILES string of the molecule is CCCCCCC[C@](C#N)(O[C@H](C)C(C)(C)C)C1(O)CCCCC1. The smallest absolute Gasteiger partial charge is 0.182 e. The standard InChI is InChI=1S/C21H39NO2/c1-6-7-8-9-13-16-21(17-22,24-18(2)19(3,4)5)20(23)14-11-10-12-15-20/h18,23H,6-16H2,1-5H3/t18-,21-/m1/s1. The van der Waals surface area contributed by atoms with Crippen LogP contribution in [0.5, 0.6) is 0 Å². The summed E-state index contributed by atoms with van der Waals surface area (Å²) in [5.74, 6) is 0. The number of ether oxygens (including phenoxy) is 1. The summed E-state index contributed by atoms with van der Waals surface area (Å²) in [6.07, 6.45) is 10.8. The molecule has 0 saturated heterocycles. The van der Waals surface area contributed by atoms with Gasteiger partial charge < -0.3 is 9.84 Å². The molecule has 1 aliphatic rings. The second-order valence-electron chi connectivity index (χ2n) is 8.82. The zero-order valence-corrected chi connectivity index (χ0v) is 16.7. The topological polar surface area (TPSA) is 53.2 Å². The molecule has 0 unspecified atom stereocenters. The lowest BCUT2D eigenvalue weighted by molar-refractivity contribution is -0.206. The van der Waals surface area contributed by atoms with Crippen LogP contribution < -0.4 is 0 Å². The third-order valence-electron chi connectivity index (χ3n) is 5.84. The molecule has 1 saturated carbocycles. The second-order valence-corrected chi connectivity index (χ2v) is 8.82. The van der Waals surface area contributed by atoms with E-state index in [2.05, 4.69) is 33.8 Å². The Kier molecular flexibility index (Phi) is 8.23. The van der Waals surface area contributed by atoms with Crippen molar-refractivity contribution in [2.45, 2.75) is 123 Å². The molecule has 0 amide bonds. The zero-order valence-electron chi connectivity index (χ0n) is 16.7. The van der Waals surface area contributed by atoms with Crippen LogP contribution in [0.2, 0.25) is 0 Å². The molecule has 3 nitrogen and oxygen atoms in total. The van der Waals surface area contributed by atoms with Gasteiger partial charge in [0.15, 0.2) is 5.60 Å². The Morgan fingerprint density at radius 2 is 1.67 bits per heavy atom. The average molecular weight is 338 g/mol. The molecule has 2 atom stereocenters. The molecule has 0 aromatic carbocycles. The van der Waals surface area contributed by atoms with Gasteiger partial charge in [-0.15, -0.1) is 0 Å². The van der Waals surface area contributed by atoms with Gasteiger partial charge in [0.05, 0.1) is 6.10 Å². The molecule has 0 radical (unpaired) electrons. The van der Waals surface area contributed by atoms with Gasteiger partial charge in [0.2, 0.25) is 0 Å². The van der Waals surface area contributed by atoms with Gasteiger partial charge in [0.1, 0.15) is 11.7 Å². The molecule has 140 valence electrons. The van der Waals surface area contributed by atoms with Crippen LogP contribution >= 0.6 is 0 Å². The average Bonchev–Trinajstić information content (AvgIpc) is 2.53. The third kappa shape index (κ3) is 5.46. The molecule has 24 heavy (non-hydrogen) atoms. The van der Waals surface area contributed by atoms with Gasteiger partial charge in [-0.3, -0.25) is 0 Å². The minimum Gasteiger partial charge on any atom is -0.386 e. The first-order chi connectivity index (χ1) is 11.2. The van der Waals surface area contributed by atoms with E-state index in [4.69, 9.17) is 4.74 Å². The lowest BCUT2D eigenvalue weighted by Gasteiger charge is -2.47. The highest BCUT2D eigenvalue weighted by Crippen LogP contribution is 2.44. The highest BCUT2D eigenvalue weighted by Gasteiger charge is 2.53. The van der Waals surface area contributed by atoms with E-state index < -0.39 is 11.2 Å². The van der Waals surface area contributed by atoms with Gasteiger partial charge in [-0.05, 0) is 38.0 Å². The Bertz CT molecular complexity index is 401. The molecule has 0 aromatic heterocycles. The van der Waals surface area contributed by atoms with Gasteiger partial charge in [-0.2, -0.15) is 5.26 Å². The Balaban J connectivity index is 2.92. The first-order valence-corrected chi connectivity index (χ1v) is 10.0. The summed E-state index contributed by atoms with van der Waals surface area (Å²) >= 11 is 0. The Hall–Kier alpha value is -0.590. The molecule has 1 rings (SSSR count). The zero-order chi connectivity index (χ0) is 18.3. The summed E-state index contributed by atoms with van der Waals surface area (Å²) in [5.41, 5.74) is -2.11. The molecule has 0 bridgehead atoms. The number of hydrogen-bond acceptors (Lipinski definition) is 3. The van der Waals surface area contributed by atoms with Crippen LogP contribution in [0.25, 0.3) is 0 Å². The quantitative estimate of drug-likeness (QED) is 0.544. The molecule has 1 fully saturated rings. The van der Waals surface area contributed by atoms with E-state index in [9.17, 15) is 10.4 Å². The number of hydrogen-bond donors (Lipinski definition) is 1. The lowest BCUT2D eigenvalue weighted by Crippen LogP contribution is -2.58. The lowest BCUT2D eigenvalue weighted by atomic mass is 9.70. The second kappa shape index (κ2) is 9.20. The van der Waals surface area contributed by atoms with Gasteiger partial charge in [0.25, 0.3) is 0 Å². The molecule has 1 aliphatic carbocycles. The summed E-state index contributed by atoms with van der Waals surface area (Å²) in [7, 11) is 0. The molecular formula is C21H39NO2. The number of nitriles is 1. The number of unbranched alkanes of at least 4 members (excludes halogenated alkanes) is 4. The van der Waals surface area contributed by atoms with Crippen molar-refractivity contribution >= 4 is 0 Å². The number of nitrogens with zero attached hydrogens (tertiary/aromatic N) is 1. The van der Waals surface area contributed by atoms with Gasteiger partial charge in [-0.25, -0.2) is 0 Å². The maximum absolute atomic E-state index is 11.4. The predicted octanol–water partition coefficient (Wildman–Crippen LogP) is 5.76. The molecule has 0 aliphatic heterocycles. The fourth-order valence-electron chi connectivity index (χ4n) is 3.58. The van der Waals surface area contributed by atoms with Crippen molar-refractivity contribution in [3.63, 3.8) is 0 Å². The largest absolute Gasteiger partial charge is 0.386 e. The van der Waals surface area contributed by atoms with Crippen LogP contribution in [0.4, 0.5) is 0 Å². The Morgan fingerprint density at radius 3 is 2.17 bits per heavy atom. The van der Waals surface area contributed by atoms with Crippen LogP contribution in [0.1, 0.15) is 105 Å². The molecule has 0 spiro atoms. The summed E-state index contributed by atoms with van der Waals surface area (Å²) < 4.78 is 6.39. The summed E-state index contributed by atoms with van der Waals surface area (Å²) in [6, 6.07) is 2.45. The minimum atomic E-state index is -1.06. The summed E-state index contributed by atoms with van der Waals surface area (Å²) in [5, 5.41) is 21.4. The summed E-state index contributed by atoms with van der Waals surface area (Å²) in [6.45, 7) is 10.6. The van der Waals surface area contributed by atoms with Crippen molar-refractivity contribution in [2.75, 3.05) is 0 Å². The van der Waals surface area contributed by atoms with Crippen LogP contribution in [0, 0.1) is 16.7 Å². The Morgan fingerprint density at radius 1 is 1.08 bits per heavy atom. The predicted molar refractivity (Wildman–Crippen MR) is 99.8 cm³/mol. The maximum Gasteiger partial charge on any atom is 0.182 e. The van der Waals surface area contributed by atoms with Crippen LogP contribution in [0.15, 0.2) is 0 Å². The summed E-state index contributed by atoms with van der Waals surface area (Å²) in [4.78, 5) is 0. The third-order valence-corrected chi connectivity index (χ3v) is 5.84. The van der Waals surface area contributed by atoms with Crippen molar-refractivity contribution in [1.29, 1.82) is 5.26 Å². The molecule has 0 aromatic rings. The van der Waals surface area contributed by atoms with Crippen LogP contribution in [0.3, 0.4) is 0 Å². The van der Waals surface area contributed by atoms with Gasteiger partial charge in [0, 0.05) is 0 Å². The monoisotopic (exact) mass is 337 g/mol. The molecule has 0 heterocycles. The van der Waals surface area contributed by atoms with Crippen molar-refractivity contribution < 1.29 is 9.84 Å². The van der Waals surface area contributed by atoms with Gasteiger partial charge >= 0.3 is 0 Å². The highest BCUT2D eigenvalue weighted by molar-refractivity contribution is 5.16. The number of rotatable bonds is 9. The van der Waals surface area contributed by atoms with E-state index in [1.807, 2.05) is 6.92 Å². The Labute approximate surface area is 149 Å². The van der Waals surface area contributed by atoms with E-state index in [1.54, 1.807) is 0 Å². The van der Waals surface area contributed by atoms with Crippen LogP contribution in [-0.4, -0.2) is 22.4 Å². The molecular weight excluding hydrogens is 298 g/mol. The van der Waals surface area contributed by atoms with E-state index >= 15 is 0 Å². The van der Waals surface area contributed by atoms with Crippen molar-refractivity contribution in [3.05, 3.63) is 0 Å². The van der Waals surface area contributed by atoms with Crippen LogP contribution in [-0.2, 0) is 4.74 Å². The van der Waals surface area contributed by atoms with Crippen molar-refractivity contribution in [2.24, 2.45) is 5.41 Å². The van der Waals surface area contributed by atoms with E-state index in [1.165, 1.54) is 19.3 Å². The van der Waals surface area contributed by atoms with E-state index in [0.29, 0.717) is 19.3 Å².